The average molecular weight is 409 g/mol. The predicted molar refractivity (Wildman–Crippen MR) is 111 cm³/mol. The Hall–Kier alpha value is -3.17. The molecular formula is C21H25N6O3+. The van der Waals surface area contributed by atoms with Crippen LogP contribution in [-0.4, -0.2) is 56.5 Å². The second-order valence-electron chi connectivity index (χ2n) is 8.24. The molecule has 9 nitrogen and oxygen atoms in total. The van der Waals surface area contributed by atoms with E-state index in [4.69, 9.17) is 20.3 Å². The number of amidine groups is 2. The van der Waals surface area contributed by atoms with Gasteiger partial charge < -0.3 is 9.47 Å². The van der Waals surface area contributed by atoms with E-state index in [2.05, 4.69) is 20.0 Å². The van der Waals surface area contributed by atoms with Gasteiger partial charge in [-0.25, -0.2) is 25.2 Å². The molecule has 1 fully saturated rings. The molecule has 0 saturated carbocycles. The van der Waals surface area contributed by atoms with Crippen molar-refractivity contribution in [1.82, 2.24) is 15.4 Å². The molecule has 3 N–H and O–H groups in total. The normalized spacial score (nSPS) is 21.1. The monoisotopic (exact) mass is 409 g/mol. The Balaban J connectivity index is 1.71. The van der Waals surface area contributed by atoms with Gasteiger partial charge in [-0.1, -0.05) is 6.07 Å². The van der Waals surface area contributed by atoms with Gasteiger partial charge in [-0.2, -0.15) is 0 Å². The van der Waals surface area contributed by atoms with E-state index < -0.39 is 5.60 Å². The molecule has 0 aliphatic carbocycles. The molecule has 1 aromatic heterocycles. The zero-order valence-corrected chi connectivity index (χ0v) is 17.3. The smallest absolute Gasteiger partial charge is 0.353 e. The Bertz CT molecular complexity index is 1020. The minimum atomic E-state index is -0.561. The number of esters is 1. The fourth-order valence-electron chi connectivity index (χ4n) is 3.54. The molecule has 30 heavy (non-hydrogen) atoms. The van der Waals surface area contributed by atoms with Gasteiger partial charge in [-0.05, 0) is 50.0 Å². The van der Waals surface area contributed by atoms with Crippen molar-refractivity contribution in [2.45, 2.75) is 38.3 Å². The van der Waals surface area contributed by atoms with E-state index in [1.54, 1.807) is 18.3 Å². The van der Waals surface area contributed by atoms with Crippen LogP contribution >= 0.6 is 0 Å². The van der Waals surface area contributed by atoms with Gasteiger partial charge in [0.25, 0.3) is 5.84 Å². The fraction of sp³-hybridized carbons (Fsp3) is 0.381. The largest absolute Gasteiger partial charge is 0.456 e. The highest BCUT2D eigenvalue weighted by molar-refractivity contribution is 6.09. The van der Waals surface area contributed by atoms with Crippen molar-refractivity contribution < 1.29 is 18.8 Å². The van der Waals surface area contributed by atoms with Crippen molar-refractivity contribution >= 4 is 23.3 Å². The SMILES string of the molecule is CC(C)(C)OC(=O)c1cccc([N+]2=C(N=C(NN)c3ccncn3)C23CCOC3)c1. The van der Waals surface area contributed by atoms with Crippen molar-refractivity contribution in [1.29, 1.82) is 0 Å². The van der Waals surface area contributed by atoms with E-state index in [1.165, 1.54) is 6.33 Å². The lowest BCUT2D eigenvalue weighted by Crippen LogP contribution is -2.33. The van der Waals surface area contributed by atoms with Crippen LogP contribution < -0.4 is 11.3 Å². The number of nitrogens with zero attached hydrogens (tertiary/aromatic N) is 4. The van der Waals surface area contributed by atoms with Crippen LogP contribution in [-0.2, 0) is 9.47 Å². The minimum absolute atomic E-state index is 0.346. The molecule has 2 aromatic rings. The first kappa shape index (κ1) is 20.1. The Morgan fingerprint density at radius 1 is 1.37 bits per heavy atom. The lowest BCUT2D eigenvalue weighted by molar-refractivity contribution is -0.417. The molecular weight excluding hydrogens is 384 g/mol. The van der Waals surface area contributed by atoms with Crippen molar-refractivity contribution in [2.75, 3.05) is 13.2 Å². The Kier molecular flexibility index (Phi) is 5.08. The van der Waals surface area contributed by atoms with Gasteiger partial charge in [-0.3, -0.25) is 5.43 Å². The van der Waals surface area contributed by atoms with E-state index in [0.717, 1.165) is 17.9 Å². The van der Waals surface area contributed by atoms with Gasteiger partial charge in [-0.15, -0.1) is 0 Å². The summed E-state index contributed by atoms with van der Waals surface area (Å²) >= 11 is 0. The standard InChI is InChI=1S/C21H24N6O3/c1-20(2,3)30-18(28)14-5-4-6-15(11-14)27-19(21(27)8-10-29-12-21)25-17(26-22)16-7-9-23-13-24-16/h4-7,9,11,13H,8,10,12H2,1-3H3,(H2,22,23,24)/p+1. The number of carbonyl (C=O) groups excluding carboxylic acids is 1. The molecule has 0 bridgehead atoms. The molecule has 2 aliphatic rings. The van der Waals surface area contributed by atoms with Gasteiger partial charge in [0.05, 0.1) is 12.2 Å². The maximum atomic E-state index is 12.5. The number of rotatable bonds is 3. The molecule has 1 spiro atoms. The van der Waals surface area contributed by atoms with Gasteiger partial charge in [0.15, 0.2) is 0 Å². The number of benzene rings is 1. The quantitative estimate of drug-likeness (QED) is 0.197. The van der Waals surface area contributed by atoms with Gasteiger partial charge in [0, 0.05) is 12.6 Å². The van der Waals surface area contributed by atoms with Gasteiger partial charge in [0.2, 0.25) is 5.54 Å². The fourth-order valence-corrected chi connectivity index (χ4v) is 3.54. The highest BCUT2D eigenvalue weighted by atomic mass is 16.6. The van der Waals surface area contributed by atoms with E-state index in [-0.39, 0.29) is 11.5 Å². The summed E-state index contributed by atoms with van der Waals surface area (Å²) in [6.07, 6.45) is 3.86. The van der Waals surface area contributed by atoms with Crippen LogP contribution in [0.2, 0.25) is 0 Å². The van der Waals surface area contributed by atoms with Crippen LogP contribution in [0.4, 0.5) is 5.69 Å². The van der Waals surface area contributed by atoms with Crippen molar-refractivity contribution in [2.24, 2.45) is 10.8 Å². The number of carbonyl (C=O) groups is 1. The molecule has 156 valence electrons. The third kappa shape index (κ3) is 3.81. The summed E-state index contributed by atoms with van der Waals surface area (Å²) in [5.74, 6) is 6.59. The number of ether oxygens (including phenoxy) is 2. The first-order valence-electron chi connectivity index (χ1n) is 9.75. The number of hydrazine groups is 1. The van der Waals surface area contributed by atoms with Crippen LogP contribution in [0.25, 0.3) is 0 Å². The number of aromatic nitrogens is 2. The molecule has 3 heterocycles. The lowest BCUT2D eigenvalue weighted by atomic mass is 10.1. The molecule has 9 heteroatoms. The highest BCUT2D eigenvalue weighted by Gasteiger charge is 2.67. The van der Waals surface area contributed by atoms with Crippen LogP contribution in [0.5, 0.6) is 0 Å². The van der Waals surface area contributed by atoms with Crippen LogP contribution in [0.15, 0.2) is 47.8 Å². The molecule has 1 unspecified atom stereocenters. The van der Waals surface area contributed by atoms with E-state index >= 15 is 0 Å². The predicted octanol–water partition coefficient (Wildman–Crippen LogP) is 1.56. The lowest BCUT2D eigenvalue weighted by Gasteiger charge is -2.19. The Labute approximate surface area is 174 Å². The third-order valence-electron chi connectivity index (χ3n) is 4.92. The number of nitrogens with one attached hydrogen (secondary N) is 1. The van der Waals surface area contributed by atoms with E-state index in [0.29, 0.717) is 30.3 Å². The zero-order valence-electron chi connectivity index (χ0n) is 17.3. The second kappa shape index (κ2) is 7.58. The first-order chi connectivity index (χ1) is 14.3. The van der Waals surface area contributed by atoms with Crippen molar-refractivity contribution in [3.63, 3.8) is 0 Å². The molecule has 1 atom stereocenters. The summed E-state index contributed by atoms with van der Waals surface area (Å²) in [4.78, 5) is 25.4. The highest BCUT2D eigenvalue weighted by Crippen LogP contribution is 2.42. The number of hydrogen-bond acceptors (Lipinski definition) is 7. The van der Waals surface area contributed by atoms with Crippen LogP contribution in [0.3, 0.4) is 0 Å². The van der Waals surface area contributed by atoms with Crippen LogP contribution in [0, 0.1) is 0 Å². The Morgan fingerprint density at radius 3 is 2.83 bits per heavy atom. The van der Waals surface area contributed by atoms with Crippen molar-refractivity contribution in [3.05, 3.63) is 54.1 Å². The Morgan fingerprint density at radius 2 is 2.20 bits per heavy atom. The molecule has 0 amide bonds. The molecule has 1 aromatic carbocycles. The van der Waals surface area contributed by atoms with E-state index in [1.807, 2.05) is 39.0 Å². The maximum absolute atomic E-state index is 12.5. The summed E-state index contributed by atoms with van der Waals surface area (Å²) in [5, 5.41) is 0. The number of aliphatic imine (C=N–C) groups is 1. The van der Waals surface area contributed by atoms with Crippen LogP contribution in [0.1, 0.15) is 43.2 Å². The van der Waals surface area contributed by atoms with Gasteiger partial charge in [0.1, 0.15) is 29.9 Å². The molecule has 1 saturated heterocycles. The van der Waals surface area contributed by atoms with Gasteiger partial charge >= 0.3 is 11.8 Å². The molecule has 4 rings (SSSR count). The van der Waals surface area contributed by atoms with E-state index in [9.17, 15) is 4.79 Å². The second-order valence-corrected chi connectivity index (χ2v) is 8.24. The average Bonchev–Trinajstić information content (AvgIpc) is 3.05. The van der Waals surface area contributed by atoms with Crippen molar-refractivity contribution in [3.8, 4) is 0 Å². The third-order valence-corrected chi connectivity index (χ3v) is 4.92. The number of nitrogens with two attached hydrogens (primary N) is 1. The number of hydrogen-bond donors (Lipinski definition) is 2. The maximum Gasteiger partial charge on any atom is 0.353 e. The summed E-state index contributed by atoms with van der Waals surface area (Å²) in [6, 6.07) is 9.07. The topological polar surface area (TPSA) is 115 Å². The molecule has 0 radical (unpaired) electrons. The zero-order chi connectivity index (χ0) is 21.4. The summed E-state index contributed by atoms with van der Waals surface area (Å²) in [6.45, 7) is 6.70. The molecule has 2 aliphatic heterocycles. The summed E-state index contributed by atoms with van der Waals surface area (Å²) in [5.41, 5.74) is 3.64. The minimum Gasteiger partial charge on any atom is -0.456 e. The summed E-state index contributed by atoms with van der Waals surface area (Å²) in [7, 11) is 0. The first-order valence-corrected chi connectivity index (χ1v) is 9.75. The summed E-state index contributed by atoms with van der Waals surface area (Å²) < 4.78 is 13.2.